The highest BCUT2D eigenvalue weighted by Gasteiger charge is 2.54. The standard InChI is InChI=1S/C26H26N2O3/c1-17-8-10-18(11-9-17)16-28-22-7-5-4-6-20(22)26(25(28)29)21-15-24(31-3)23(30-2)14-19(21)12-13-27-26/h4-11,14-15,27H,12-13,16H2,1-3H3. The Morgan fingerprint density at radius 1 is 0.968 bits per heavy atom. The number of hydrogen-bond donors (Lipinski definition) is 1. The van der Waals surface area contributed by atoms with Gasteiger partial charge in [-0.25, -0.2) is 0 Å². The molecule has 2 aliphatic heterocycles. The molecular weight excluding hydrogens is 388 g/mol. The first kappa shape index (κ1) is 19.6. The summed E-state index contributed by atoms with van der Waals surface area (Å²) in [5, 5.41) is 3.58. The molecule has 1 amide bonds. The van der Waals surface area contributed by atoms with Crippen LogP contribution in [0.3, 0.4) is 0 Å². The number of para-hydroxylation sites is 1. The van der Waals surface area contributed by atoms with Gasteiger partial charge >= 0.3 is 0 Å². The number of amides is 1. The Bertz CT molecular complexity index is 1160. The largest absolute Gasteiger partial charge is 0.493 e. The second-order valence-electron chi connectivity index (χ2n) is 8.19. The summed E-state index contributed by atoms with van der Waals surface area (Å²) in [4.78, 5) is 16.0. The van der Waals surface area contributed by atoms with E-state index < -0.39 is 5.54 Å². The van der Waals surface area contributed by atoms with Gasteiger partial charge in [0.15, 0.2) is 17.0 Å². The van der Waals surface area contributed by atoms with Crippen LogP contribution in [0.4, 0.5) is 5.69 Å². The van der Waals surface area contributed by atoms with Crippen molar-refractivity contribution in [3.63, 3.8) is 0 Å². The molecule has 2 aliphatic rings. The van der Waals surface area contributed by atoms with Crippen LogP contribution >= 0.6 is 0 Å². The van der Waals surface area contributed by atoms with E-state index in [1.54, 1.807) is 14.2 Å². The molecule has 31 heavy (non-hydrogen) atoms. The van der Waals surface area contributed by atoms with E-state index in [4.69, 9.17) is 9.47 Å². The maximum Gasteiger partial charge on any atom is 0.256 e. The molecule has 0 fully saturated rings. The zero-order valence-corrected chi connectivity index (χ0v) is 18.1. The van der Waals surface area contributed by atoms with E-state index in [9.17, 15) is 4.79 Å². The lowest BCUT2D eigenvalue weighted by Gasteiger charge is -2.36. The predicted octanol–water partition coefficient (Wildman–Crippen LogP) is 3.95. The maximum atomic E-state index is 14.1. The predicted molar refractivity (Wildman–Crippen MR) is 121 cm³/mol. The molecule has 1 N–H and O–H groups in total. The molecule has 1 spiro atoms. The number of rotatable bonds is 4. The normalized spacial score (nSPS) is 19.3. The van der Waals surface area contributed by atoms with Gasteiger partial charge in [-0.1, -0.05) is 48.0 Å². The average molecular weight is 415 g/mol. The molecule has 1 atom stereocenters. The first-order chi connectivity index (χ1) is 15.1. The van der Waals surface area contributed by atoms with Gasteiger partial charge < -0.3 is 14.4 Å². The van der Waals surface area contributed by atoms with Crippen molar-refractivity contribution in [3.05, 3.63) is 88.5 Å². The van der Waals surface area contributed by atoms with Crippen LogP contribution in [-0.4, -0.2) is 26.7 Å². The molecule has 0 saturated heterocycles. The van der Waals surface area contributed by atoms with Crippen LogP contribution in [0.2, 0.25) is 0 Å². The number of hydrogen-bond acceptors (Lipinski definition) is 4. The van der Waals surface area contributed by atoms with Gasteiger partial charge in [-0.2, -0.15) is 0 Å². The van der Waals surface area contributed by atoms with Crippen molar-refractivity contribution in [2.24, 2.45) is 0 Å². The van der Waals surface area contributed by atoms with Crippen molar-refractivity contribution in [1.82, 2.24) is 5.32 Å². The van der Waals surface area contributed by atoms with Gasteiger partial charge in [0.2, 0.25) is 0 Å². The summed E-state index contributed by atoms with van der Waals surface area (Å²) < 4.78 is 11.1. The topological polar surface area (TPSA) is 50.8 Å². The van der Waals surface area contributed by atoms with E-state index in [1.807, 2.05) is 35.2 Å². The highest BCUT2D eigenvalue weighted by molar-refractivity contribution is 6.10. The number of benzene rings is 3. The van der Waals surface area contributed by atoms with Gasteiger partial charge in [0.25, 0.3) is 5.91 Å². The Labute approximate surface area is 182 Å². The van der Waals surface area contributed by atoms with Crippen LogP contribution in [0.15, 0.2) is 60.7 Å². The quantitative estimate of drug-likeness (QED) is 0.702. The van der Waals surface area contributed by atoms with Crippen LogP contribution in [0.25, 0.3) is 0 Å². The Morgan fingerprint density at radius 3 is 2.42 bits per heavy atom. The van der Waals surface area contributed by atoms with Gasteiger partial charge in [0.05, 0.1) is 26.5 Å². The molecule has 3 aromatic rings. The van der Waals surface area contributed by atoms with E-state index in [-0.39, 0.29) is 5.91 Å². The summed E-state index contributed by atoms with van der Waals surface area (Å²) in [5.41, 5.74) is 5.38. The number of nitrogens with one attached hydrogen (secondary N) is 1. The number of carbonyl (C=O) groups excluding carboxylic acids is 1. The van der Waals surface area contributed by atoms with Gasteiger partial charge in [-0.05, 0) is 48.2 Å². The summed E-state index contributed by atoms with van der Waals surface area (Å²) in [6, 6.07) is 20.4. The van der Waals surface area contributed by atoms with Gasteiger partial charge in [0, 0.05) is 12.1 Å². The van der Waals surface area contributed by atoms with Crippen LogP contribution < -0.4 is 19.7 Å². The summed E-state index contributed by atoms with van der Waals surface area (Å²) in [5.74, 6) is 1.36. The third kappa shape index (κ3) is 2.92. The number of fused-ring (bicyclic) bond motifs is 4. The fourth-order valence-electron chi connectivity index (χ4n) is 4.87. The fourth-order valence-corrected chi connectivity index (χ4v) is 4.87. The second kappa shape index (κ2) is 7.43. The summed E-state index contributed by atoms with van der Waals surface area (Å²) >= 11 is 0. The van der Waals surface area contributed by atoms with Crippen molar-refractivity contribution in [2.75, 3.05) is 25.7 Å². The van der Waals surface area contributed by atoms with Crippen molar-refractivity contribution in [2.45, 2.75) is 25.4 Å². The molecule has 0 saturated carbocycles. The number of ether oxygens (including phenoxy) is 2. The van der Waals surface area contributed by atoms with Gasteiger partial charge in [-0.3, -0.25) is 10.1 Å². The summed E-state index contributed by atoms with van der Waals surface area (Å²) in [7, 11) is 3.27. The molecule has 3 aromatic carbocycles. The van der Waals surface area contributed by atoms with Crippen LogP contribution in [0.5, 0.6) is 11.5 Å². The molecule has 5 rings (SSSR count). The van der Waals surface area contributed by atoms with E-state index in [0.717, 1.165) is 34.4 Å². The lowest BCUT2D eigenvalue weighted by molar-refractivity contribution is -0.123. The lowest BCUT2D eigenvalue weighted by Crippen LogP contribution is -2.54. The van der Waals surface area contributed by atoms with Crippen molar-refractivity contribution in [3.8, 4) is 11.5 Å². The molecule has 0 radical (unpaired) electrons. The number of methoxy groups -OCH3 is 2. The second-order valence-corrected chi connectivity index (χ2v) is 8.19. The number of anilines is 1. The van der Waals surface area contributed by atoms with Crippen LogP contribution in [0.1, 0.15) is 27.8 Å². The Morgan fingerprint density at radius 2 is 1.68 bits per heavy atom. The smallest absolute Gasteiger partial charge is 0.256 e. The SMILES string of the molecule is COc1cc2c(cc1OC)C1(NCC2)C(=O)N(Cc2ccc(C)cc2)c2ccccc21. The van der Waals surface area contributed by atoms with E-state index in [0.29, 0.717) is 24.6 Å². The number of nitrogens with zero attached hydrogens (tertiary/aromatic N) is 1. The fraction of sp³-hybridized carbons (Fsp3) is 0.269. The van der Waals surface area contributed by atoms with E-state index in [2.05, 4.69) is 42.6 Å². The molecule has 5 nitrogen and oxygen atoms in total. The molecule has 0 aliphatic carbocycles. The van der Waals surface area contributed by atoms with Crippen molar-refractivity contribution < 1.29 is 14.3 Å². The zero-order chi connectivity index (χ0) is 21.6. The number of aryl methyl sites for hydroxylation is 1. The summed E-state index contributed by atoms with van der Waals surface area (Å²) in [6.45, 7) is 3.31. The molecule has 0 bridgehead atoms. The molecule has 2 heterocycles. The minimum atomic E-state index is -0.922. The first-order valence-corrected chi connectivity index (χ1v) is 10.6. The van der Waals surface area contributed by atoms with E-state index >= 15 is 0 Å². The summed E-state index contributed by atoms with van der Waals surface area (Å²) in [6.07, 6.45) is 0.824. The van der Waals surface area contributed by atoms with Gasteiger partial charge in [0.1, 0.15) is 0 Å². The van der Waals surface area contributed by atoms with Crippen LogP contribution in [0, 0.1) is 6.92 Å². The van der Waals surface area contributed by atoms with Crippen molar-refractivity contribution in [1.29, 1.82) is 0 Å². The minimum absolute atomic E-state index is 0.0439. The third-order valence-electron chi connectivity index (χ3n) is 6.42. The Kier molecular flexibility index (Phi) is 4.71. The van der Waals surface area contributed by atoms with Crippen molar-refractivity contribution >= 4 is 11.6 Å². The minimum Gasteiger partial charge on any atom is -0.493 e. The maximum absolute atomic E-state index is 14.1. The third-order valence-corrected chi connectivity index (χ3v) is 6.42. The highest BCUT2D eigenvalue weighted by Crippen LogP contribution is 2.49. The zero-order valence-electron chi connectivity index (χ0n) is 18.1. The molecule has 1 unspecified atom stereocenters. The first-order valence-electron chi connectivity index (χ1n) is 10.6. The molecule has 158 valence electrons. The van der Waals surface area contributed by atoms with E-state index in [1.165, 1.54) is 5.56 Å². The molecule has 0 aromatic heterocycles. The van der Waals surface area contributed by atoms with Crippen LogP contribution in [-0.2, 0) is 23.3 Å². The Hall–Kier alpha value is -3.31. The monoisotopic (exact) mass is 414 g/mol. The molecular formula is C26H26N2O3. The number of carbonyl (C=O) groups is 1. The Balaban J connectivity index is 1.67. The molecule has 5 heteroatoms. The highest BCUT2D eigenvalue weighted by atomic mass is 16.5. The lowest BCUT2D eigenvalue weighted by atomic mass is 9.78. The van der Waals surface area contributed by atoms with Gasteiger partial charge in [-0.15, -0.1) is 0 Å². The average Bonchev–Trinajstić information content (AvgIpc) is 3.03.